The lowest BCUT2D eigenvalue weighted by Gasteiger charge is -2.28. The number of hydrogen-bond acceptors (Lipinski definition) is 1. The molecular weight excluding hydrogens is 242 g/mol. The van der Waals surface area contributed by atoms with Crippen molar-refractivity contribution in [2.75, 3.05) is 6.54 Å². The second-order valence-electron chi connectivity index (χ2n) is 6.22. The number of nitrogens with one attached hydrogen (secondary N) is 1. The first-order chi connectivity index (χ1) is 9.63. The van der Waals surface area contributed by atoms with Crippen molar-refractivity contribution >= 4 is 0 Å². The maximum absolute atomic E-state index is 3.79. The third kappa shape index (κ3) is 3.52. The Hall–Kier alpha value is -1.08. The van der Waals surface area contributed by atoms with Crippen LogP contribution in [0.3, 0.4) is 0 Å². The van der Waals surface area contributed by atoms with Crippen LogP contribution in [-0.2, 0) is 0 Å². The van der Waals surface area contributed by atoms with E-state index in [1.165, 1.54) is 54.4 Å². The fraction of sp³-hybridized carbons (Fsp3) is 0.579. The maximum Gasteiger partial charge on any atom is 0.0541 e. The first-order valence-corrected chi connectivity index (χ1v) is 8.13. The molecule has 0 saturated carbocycles. The lowest BCUT2D eigenvalue weighted by molar-refractivity contribution is 0.543. The quantitative estimate of drug-likeness (QED) is 0.730. The highest BCUT2D eigenvalue weighted by Crippen LogP contribution is 2.33. The van der Waals surface area contributed by atoms with Gasteiger partial charge in [0.1, 0.15) is 0 Å². The first-order valence-electron chi connectivity index (χ1n) is 8.13. The molecule has 0 bridgehead atoms. The van der Waals surface area contributed by atoms with Crippen molar-refractivity contribution in [1.29, 1.82) is 0 Å². The SMILES string of the molecule is CCCNC(C1=CCCCC1)c1c(C)cc(C)cc1C. The molecule has 0 spiro atoms. The highest BCUT2D eigenvalue weighted by molar-refractivity contribution is 5.43. The van der Waals surface area contributed by atoms with Crippen molar-refractivity contribution in [3.05, 3.63) is 46.0 Å². The third-order valence-electron chi connectivity index (χ3n) is 4.32. The lowest BCUT2D eigenvalue weighted by Crippen LogP contribution is -2.26. The van der Waals surface area contributed by atoms with Crippen molar-refractivity contribution in [2.45, 2.75) is 65.8 Å². The summed E-state index contributed by atoms with van der Waals surface area (Å²) in [6.07, 6.45) is 8.89. The van der Waals surface area contributed by atoms with E-state index in [0.29, 0.717) is 6.04 Å². The van der Waals surface area contributed by atoms with Crippen molar-refractivity contribution in [3.63, 3.8) is 0 Å². The van der Waals surface area contributed by atoms with Gasteiger partial charge in [0.15, 0.2) is 0 Å². The summed E-state index contributed by atoms with van der Waals surface area (Å²) in [5.41, 5.74) is 7.36. The van der Waals surface area contributed by atoms with Crippen LogP contribution in [0.4, 0.5) is 0 Å². The van der Waals surface area contributed by atoms with Crippen LogP contribution in [0.25, 0.3) is 0 Å². The molecule has 1 aromatic carbocycles. The third-order valence-corrected chi connectivity index (χ3v) is 4.32. The molecule has 1 aromatic rings. The van der Waals surface area contributed by atoms with Crippen LogP contribution in [-0.4, -0.2) is 6.54 Å². The van der Waals surface area contributed by atoms with Crippen LogP contribution in [0.2, 0.25) is 0 Å². The van der Waals surface area contributed by atoms with Gasteiger partial charge in [-0.05, 0) is 76.1 Å². The van der Waals surface area contributed by atoms with Gasteiger partial charge in [-0.2, -0.15) is 0 Å². The Morgan fingerprint density at radius 2 is 1.80 bits per heavy atom. The van der Waals surface area contributed by atoms with Crippen LogP contribution < -0.4 is 5.32 Å². The molecule has 1 heteroatoms. The number of allylic oxidation sites excluding steroid dienone is 1. The molecule has 1 nitrogen and oxygen atoms in total. The summed E-state index contributed by atoms with van der Waals surface area (Å²) in [4.78, 5) is 0. The highest BCUT2D eigenvalue weighted by atomic mass is 14.9. The van der Waals surface area contributed by atoms with E-state index in [2.05, 4.69) is 51.2 Å². The monoisotopic (exact) mass is 271 g/mol. The molecule has 0 radical (unpaired) electrons. The van der Waals surface area contributed by atoms with Crippen molar-refractivity contribution in [1.82, 2.24) is 5.32 Å². The summed E-state index contributed by atoms with van der Waals surface area (Å²) in [6, 6.07) is 5.08. The minimum Gasteiger partial charge on any atom is -0.307 e. The van der Waals surface area contributed by atoms with E-state index < -0.39 is 0 Å². The van der Waals surface area contributed by atoms with Gasteiger partial charge in [-0.1, -0.05) is 36.3 Å². The fourth-order valence-electron chi connectivity index (χ4n) is 3.48. The molecule has 0 fully saturated rings. The van der Waals surface area contributed by atoms with Crippen LogP contribution in [0.1, 0.15) is 67.3 Å². The molecule has 110 valence electrons. The molecule has 0 aliphatic heterocycles. The van der Waals surface area contributed by atoms with E-state index in [1.54, 1.807) is 5.57 Å². The zero-order chi connectivity index (χ0) is 14.5. The summed E-state index contributed by atoms with van der Waals surface area (Å²) >= 11 is 0. The van der Waals surface area contributed by atoms with Crippen LogP contribution in [0.5, 0.6) is 0 Å². The van der Waals surface area contributed by atoms with Gasteiger partial charge in [0.25, 0.3) is 0 Å². The van der Waals surface area contributed by atoms with Gasteiger partial charge in [0.2, 0.25) is 0 Å². The summed E-state index contributed by atoms with van der Waals surface area (Å²) in [5, 5.41) is 3.79. The minimum absolute atomic E-state index is 0.427. The van der Waals surface area contributed by atoms with E-state index in [1.807, 2.05) is 0 Å². The molecule has 0 aromatic heterocycles. The van der Waals surface area contributed by atoms with Crippen LogP contribution >= 0.6 is 0 Å². The summed E-state index contributed by atoms with van der Waals surface area (Å²) < 4.78 is 0. The molecule has 1 atom stereocenters. The van der Waals surface area contributed by atoms with Crippen LogP contribution in [0.15, 0.2) is 23.8 Å². The second-order valence-corrected chi connectivity index (χ2v) is 6.22. The van der Waals surface area contributed by atoms with Gasteiger partial charge in [0.05, 0.1) is 6.04 Å². The van der Waals surface area contributed by atoms with E-state index in [9.17, 15) is 0 Å². The Bertz CT molecular complexity index is 462. The van der Waals surface area contributed by atoms with Crippen molar-refractivity contribution < 1.29 is 0 Å². The van der Waals surface area contributed by atoms with Crippen LogP contribution in [0, 0.1) is 20.8 Å². The molecule has 20 heavy (non-hydrogen) atoms. The van der Waals surface area contributed by atoms with E-state index >= 15 is 0 Å². The van der Waals surface area contributed by atoms with Gasteiger partial charge in [0, 0.05) is 0 Å². The molecule has 1 aliphatic carbocycles. The molecule has 1 N–H and O–H groups in total. The second kappa shape index (κ2) is 7.08. The molecule has 0 amide bonds. The molecular formula is C19H29N. The largest absolute Gasteiger partial charge is 0.307 e. The molecule has 1 aliphatic rings. The van der Waals surface area contributed by atoms with Crippen molar-refractivity contribution in [2.24, 2.45) is 0 Å². The Morgan fingerprint density at radius 3 is 2.35 bits per heavy atom. The minimum atomic E-state index is 0.427. The predicted molar refractivity (Wildman–Crippen MR) is 88.2 cm³/mol. The van der Waals surface area contributed by atoms with Gasteiger partial charge < -0.3 is 5.32 Å². The Labute approximate surface area is 124 Å². The fourth-order valence-corrected chi connectivity index (χ4v) is 3.48. The molecule has 1 unspecified atom stereocenters. The zero-order valence-corrected chi connectivity index (χ0v) is 13.6. The standard InChI is InChI=1S/C19H29N/c1-5-11-20-19(17-9-7-6-8-10-17)18-15(3)12-14(2)13-16(18)4/h9,12-13,19-20H,5-8,10-11H2,1-4H3. The average Bonchev–Trinajstić information content (AvgIpc) is 2.42. The van der Waals surface area contributed by atoms with E-state index in [-0.39, 0.29) is 0 Å². The van der Waals surface area contributed by atoms with Gasteiger partial charge >= 0.3 is 0 Å². The normalized spacial score (nSPS) is 16.9. The Balaban J connectivity index is 2.38. The number of aryl methyl sites for hydroxylation is 3. The van der Waals surface area contributed by atoms with Gasteiger partial charge in [-0.3, -0.25) is 0 Å². The van der Waals surface area contributed by atoms with E-state index in [4.69, 9.17) is 0 Å². The summed E-state index contributed by atoms with van der Waals surface area (Å²) in [7, 11) is 0. The van der Waals surface area contributed by atoms with Crippen molar-refractivity contribution in [3.8, 4) is 0 Å². The Morgan fingerprint density at radius 1 is 1.10 bits per heavy atom. The number of rotatable bonds is 5. The lowest BCUT2D eigenvalue weighted by atomic mass is 9.85. The molecule has 2 rings (SSSR count). The van der Waals surface area contributed by atoms with E-state index in [0.717, 1.165) is 6.54 Å². The number of benzene rings is 1. The zero-order valence-electron chi connectivity index (χ0n) is 13.6. The maximum atomic E-state index is 3.79. The number of hydrogen-bond donors (Lipinski definition) is 1. The molecule has 0 saturated heterocycles. The average molecular weight is 271 g/mol. The Kier molecular flexibility index (Phi) is 5.42. The predicted octanol–water partition coefficient (Wildman–Crippen LogP) is 5.15. The smallest absolute Gasteiger partial charge is 0.0541 e. The summed E-state index contributed by atoms with van der Waals surface area (Å²) in [6.45, 7) is 10.1. The highest BCUT2D eigenvalue weighted by Gasteiger charge is 2.21. The van der Waals surface area contributed by atoms with Gasteiger partial charge in [-0.25, -0.2) is 0 Å². The molecule has 0 heterocycles. The topological polar surface area (TPSA) is 12.0 Å². The summed E-state index contributed by atoms with van der Waals surface area (Å²) in [5.74, 6) is 0. The van der Waals surface area contributed by atoms with Gasteiger partial charge in [-0.15, -0.1) is 0 Å². The first kappa shape index (κ1) is 15.3.